The Morgan fingerprint density at radius 3 is 2.86 bits per heavy atom. The van der Waals surface area contributed by atoms with Crippen LogP contribution in [0.1, 0.15) is 43.9 Å². The first-order valence-corrected chi connectivity index (χ1v) is 5.43. The van der Waals surface area contributed by atoms with E-state index >= 15 is 0 Å². The first kappa shape index (κ1) is 9.71. The summed E-state index contributed by atoms with van der Waals surface area (Å²) in [5, 5.41) is 14.1. The van der Waals surface area contributed by atoms with Gasteiger partial charge in [0.1, 0.15) is 0 Å². The van der Waals surface area contributed by atoms with E-state index in [1.165, 1.54) is 25.7 Å². The molecule has 0 aliphatic heterocycles. The SMILES string of the molecule is Cn1ccc(C(O)CC2CCCC2)n1. The van der Waals surface area contributed by atoms with Crippen LogP contribution in [0.2, 0.25) is 0 Å². The summed E-state index contributed by atoms with van der Waals surface area (Å²) in [7, 11) is 1.88. The van der Waals surface area contributed by atoms with Gasteiger partial charge in [-0.25, -0.2) is 0 Å². The first-order valence-electron chi connectivity index (χ1n) is 5.43. The predicted octanol–water partition coefficient (Wildman–Crippen LogP) is 2.03. The highest BCUT2D eigenvalue weighted by atomic mass is 16.3. The Morgan fingerprint density at radius 1 is 1.57 bits per heavy atom. The third-order valence-electron chi connectivity index (χ3n) is 3.11. The van der Waals surface area contributed by atoms with Gasteiger partial charge in [0.25, 0.3) is 0 Å². The fourth-order valence-electron chi connectivity index (χ4n) is 2.29. The molecule has 1 aromatic heterocycles. The van der Waals surface area contributed by atoms with Crippen LogP contribution in [0.5, 0.6) is 0 Å². The van der Waals surface area contributed by atoms with Crippen molar-refractivity contribution >= 4 is 0 Å². The molecule has 0 amide bonds. The van der Waals surface area contributed by atoms with Gasteiger partial charge in [0.2, 0.25) is 0 Å². The topological polar surface area (TPSA) is 38.0 Å². The molecule has 1 aliphatic rings. The van der Waals surface area contributed by atoms with Gasteiger partial charge in [-0.2, -0.15) is 5.10 Å². The van der Waals surface area contributed by atoms with Crippen molar-refractivity contribution in [2.45, 2.75) is 38.2 Å². The minimum absolute atomic E-state index is 0.362. The van der Waals surface area contributed by atoms with E-state index in [2.05, 4.69) is 5.10 Å². The van der Waals surface area contributed by atoms with Crippen molar-refractivity contribution in [1.29, 1.82) is 0 Å². The number of aryl methyl sites for hydroxylation is 1. The molecule has 1 saturated carbocycles. The van der Waals surface area contributed by atoms with Gasteiger partial charge in [-0.3, -0.25) is 4.68 Å². The van der Waals surface area contributed by atoms with Crippen LogP contribution < -0.4 is 0 Å². The number of hydrogen-bond donors (Lipinski definition) is 1. The highest BCUT2D eigenvalue weighted by Gasteiger charge is 2.20. The summed E-state index contributed by atoms with van der Waals surface area (Å²) in [6.45, 7) is 0. The van der Waals surface area contributed by atoms with Gasteiger partial charge in [-0.1, -0.05) is 25.7 Å². The number of nitrogens with zero attached hydrogens (tertiary/aromatic N) is 2. The van der Waals surface area contributed by atoms with Crippen LogP contribution in [0.25, 0.3) is 0 Å². The molecule has 1 aromatic rings. The molecule has 0 saturated heterocycles. The molecule has 1 heterocycles. The smallest absolute Gasteiger partial charge is 0.0980 e. The van der Waals surface area contributed by atoms with Gasteiger partial charge in [0.15, 0.2) is 0 Å². The first-order chi connectivity index (χ1) is 6.75. The molecule has 1 unspecified atom stereocenters. The maximum Gasteiger partial charge on any atom is 0.0980 e. The number of aromatic nitrogens is 2. The van der Waals surface area contributed by atoms with Crippen LogP contribution >= 0.6 is 0 Å². The van der Waals surface area contributed by atoms with E-state index in [1.807, 2.05) is 19.3 Å². The van der Waals surface area contributed by atoms with Crippen molar-refractivity contribution in [2.24, 2.45) is 13.0 Å². The fraction of sp³-hybridized carbons (Fsp3) is 0.727. The normalized spacial score (nSPS) is 20.1. The lowest BCUT2D eigenvalue weighted by molar-refractivity contribution is 0.140. The van der Waals surface area contributed by atoms with Crippen molar-refractivity contribution < 1.29 is 5.11 Å². The minimum atomic E-state index is -0.362. The summed E-state index contributed by atoms with van der Waals surface area (Å²) in [6.07, 6.45) is 7.64. The molecule has 1 atom stereocenters. The second-order valence-electron chi connectivity index (χ2n) is 4.32. The van der Waals surface area contributed by atoms with Crippen LogP contribution in [0.3, 0.4) is 0 Å². The number of aliphatic hydroxyl groups excluding tert-OH is 1. The van der Waals surface area contributed by atoms with E-state index < -0.39 is 0 Å². The summed E-state index contributed by atoms with van der Waals surface area (Å²) in [5.74, 6) is 0.715. The van der Waals surface area contributed by atoms with Gasteiger partial charge in [-0.05, 0) is 18.4 Å². The van der Waals surface area contributed by atoms with Gasteiger partial charge in [-0.15, -0.1) is 0 Å². The molecule has 0 aromatic carbocycles. The molecule has 78 valence electrons. The van der Waals surface area contributed by atoms with Crippen LogP contribution in [0.4, 0.5) is 0 Å². The number of rotatable bonds is 3. The minimum Gasteiger partial charge on any atom is -0.387 e. The van der Waals surface area contributed by atoms with Crippen LogP contribution in [0, 0.1) is 5.92 Å². The monoisotopic (exact) mass is 194 g/mol. The maximum absolute atomic E-state index is 9.92. The molecule has 1 N–H and O–H groups in total. The van der Waals surface area contributed by atoms with Crippen LogP contribution in [-0.4, -0.2) is 14.9 Å². The zero-order valence-corrected chi connectivity index (χ0v) is 8.69. The van der Waals surface area contributed by atoms with E-state index in [4.69, 9.17) is 0 Å². The van der Waals surface area contributed by atoms with Crippen molar-refractivity contribution in [3.05, 3.63) is 18.0 Å². The van der Waals surface area contributed by atoms with E-state index in [-0.39, 0.29) is 6.10 Å². The van der Waals surface area contributed by atoms with Crippen molar-refractivity contribution in [1.82, 2.24) is 9.78 Å². The molecule has 14 heavy (non-hydrogen) atoms. The van der Waals surface area contributed by atoms with Crippen molar-refractivity contribution in [3.63, 3.8) is 0 Å². The van der Waals surface area contributed by atoms with Gasteiger partial charge in [0.05, 0.1) is 11.8 Å². The standard InChI is InChI=1S/C11H18N2O/c1-13-7-6-10(12-13)11(14)8-9-4-2-3-5-9/h6-7,9,11,14H,2-5,8H2,1H3. The lowest BCUT2D eigenvalue weighted by Gasteiger charge is -2.12. The van der Waals surface area contributed by atoms with Crippen LogP contribution in [-0.2, 0) is 7.05 Å². The summed E-state index contributed by atoms with van der Waals surface area (Å²) in [4.78, 5) is 0. The molecule has 0 spiro atoms. The Balaban J connectivity index is 1.91. The Bertz CT molecular complexity index is 289. The second-order valence-corrected chi connectivity index (χ2v) is 4.32. The van der Waals surface area contributed by atoms with E-state index in [0.717, 1.165) is 12.1 Å². The Kier molecular flexibility index (Phi) is 2.87. The molecular weight excluding hydrogens is 176 g/mol. The molecule has 1 fully saturated rings. The highest BCUT2D eigenvalue weighted by molar-refractivity contribution is 5.02. The average Bonchev–Trinajstić information content (AvgIpc) is 2.75. The lowest BCUT2D eigenvalue weighted by atomic mass is 9.99. The van der Waals surface area contributed by atoms with Gasteiger partial charge in [0, 0.05) is 13.2 Å². The lowest BCUT2D eigenvalue weighted by Crippen LogP contribution is -2.05. The quantitative estimate of drug-likeness (QED) is 0.799. The summed E-state index contributed by atoms with van der Waals surface area (Å²) in [5.41, 5.74) is 0.819. The molecule has 2 rings (SSSR count). The molecule has 3 nitrogen and oxygen atoms in total. The third-order valence-corrected chi connectivity index (χ3v) is 3.11. The van der Waals surface area contributed by atoms with E-state index in [0.29, 0.717) is 5.92 Å². The summed E-state index contributed by atoms with van der Waals surface area (Å²) >= 11 is 0. The average molecular weight is 194 g/mol. The third kappa shape index (κ3) is 2.15. The molecule has 3 heteroatoms. The summed E-state index contributed by atoms with van der Waals surface area (Å²) < 4.78 is 1.74. The zero-order chi connectivity index (χ0) is 9.97. The Hall–Kier alpha value is -0.830. The Labute approximate surface area is 84.7 Å². The molecule has 0 radical (unpaired) electrons. The molecule has 0 bridgehead atoms. The number of hydrogen-bond acceptors (Lipinski definition) is 2. The fourth-order valence-corrected chi connectivity index (χ4v) is 2.29. The predicted molar refractivity (Wildman–Crippen MR) is 54.7 cm³/mol. The number of aliphatic hydroxyl groups is 1. The van der Waals surface area contributed by atoms with Crippen LogP contribution in [0.15, 0.2) is 12.3 Å². The second kappa shape index (κ2) is 4.13. The molecule has 1 aliphatic carbocycles. The maximum atomic E-state index is 9.92. The van der Waals surface area contributed by atoms with Crippen molar-refractivity contribution in [3.8, 4) is 0 Å². The summed E-state index contributed by atoms with van der Waals surface area (Å²) in [6, 6.07) is 1.90. The molecular formula is C11H18N2O. The Morgan fingerprint density at radius 2 is 2.29 bits per heavy atom. The van der Waals surface area contributed by atoms with E-state index in [9.17, 15) is 5.11 Å². The van der Waals surface area contributed by atoms with E-state index in [1.54, 1.807) is 4.68 Å². The van der Waals surface area contributed by atoms with Gasteiger partial charge >= 0.3 is 0 Å². The van der Waals surface area contributed by atoms with Gasteiger partial charge < -0.3 is 5.11 Å². The highest BCUT2D eigenvalue weighted by Crippen LogP contribution is 2.32. The largest absolute Gasteiger partial charge is 0.387 e. The zero-order valence-electron chi connectivity index (χ0n) is 8.69. The van der Waals surface area contributed by atoms with Crippen molar-refractivity contribution in [2.75, 3.05) is 0 Å².